The Morgan fingerprint density at radius 1 is 1.35 bits per heavy atom. The largest absolute Gasteiger partial charge is 0.398 e. The first-order valence-electron chi connectivity index (χ1n) is 6.32. The van der Waals surface area contributed by atoms with Gasteiger partial charge in [-0.1, -0.05) is 19.9 Å². The van der Waals surface area contributed by atoms with E-state index in [0.717, 1.165) is 0 Å². The minimum Gasteiger partial charge on any atom is -0.398 e. The van der Waals surface area contributed by atoms with E-state index in [1.807, 2.05) is 11.4 Å². The number of nitrogens with two attached hydrogens (primary N) is 1. The molecule has 20 heavy (non-hydrogen) atoms. The lowest BCUT2D eigenvalue weighted by Crippen LogP contribution is -2.15. The Morgan fingerprint density at radius 2 is 2.10 bits per heavy atom. The third-order valence-electron chi connectivity index (χ3n) is 2.99. The Bertz CT molecular complexity index is 596. The van der Waals surface area contributed by atoms with Crippen LogP contribution < -0.4 is 11.1 Å². The van der Waals surface area contributed by atoms with Crippen LogP contribution >= 0.6 is 11.3 Å². The van der Waals surface area contributed by atoms with Gasteiger partial charge in [0.05, 0.1) is 11.0 Å². The molecule has 0 aliphatic carbocycles. The number of rotatable bonds is 5. The van der Waals surface area contributed by atoms with E-state index < -0.39 is 4.92 Å². The normalized spacial score (nSPS) is 12.3. The highest BCUT2D eigenvalue weighted by molar-refractivity contribution is 7.10. The topological polar surface area (TPSA) is 81.2 Å². The molecule has 0 aliphatic rings. The van der Waals surface area contributed by atoms with Crippen molar-refractivity contribution >= 4 is 28.4 Å². The van der Waals surface area contributed by atoms with Gasteiger partial charge in [0.25, 0.3) is 5.69 Å². The third kappa shape index (κ3) is 3.27. The number of nitrogens with one attached hydrogen (secondary N) is 1. The van der Waals surface area contributed by atoms with E-state index in [9.17, 15) is 10.1 Å². The fraction of sp³-hybridized carbons (Fsp3) is 0.286. The fourth-order valence-corrected chi connectivity index (χ4v) is 2.99. The summed E-state index contributed by atoms with van der Waals surface area (Å²) >= 11 is 1.67. The molecule has 1 aromatic heterocycles. The smallest absolute Gasteiger partial charge is 0.273 e. The Morgan fingerprint density at radius 3 is 2.65 bits per heavy atom. The second-order valence-corrected chi connectivity index (χ2v) is 5.93. The van der Waals surface area contributed by atoms with Gasteiger partial charge in [-0.05, 0) is 23.4 Å². The molecule has 0 saturated heterocycles. The number of nitrogens with zero attached hydrogens (tertiary/aromatic N) is 1. The molecule has 0 aliphatic heterocycles. The molecular weight excluding hydrogens is 274 g/mol. The molecule has 1 heterocycles. The summed E-state index contributed by atoms with van der Waals surface area (Å²) in [7, 11) is 0. The molecular formula is C14H17N3O2S. The summed E-state index contributed by atoms with van der Waals surface area (Å²) in [6, 6.07) is 8.76. The average Bonchev–Trinajstić information content (AvgIpc) is 2.88. The van der Waals surface area contributed by atoms with Crippen molar-refractivity contribution in [2.75, 3.05) is 11.1 Å². The molecule has 2 rings (SSSR count). The third-order valence-corrected chi connectivity index (χ3v) is 3.94. The van der Waals surface area contributed by atoms with Crippen molar-refractivity contribution in [3.63, 3.8) is 0 Å². The monoisotopic (exact) mass is 291 g/mol. The number of anilines is 2. The molecule has 0 amide bonds. The number of benzene rings is 1. The van der Waals surface area contributed by atoms with Crippen LogP contribution in [0.1, 0.15) is 24.8 Å². The number of nitro benzene ring substituents is 1. The highest BCUT2D eigenvalue weighted by Crippen LogP contribution is 2.31. The van der Waals surface area contributed by atoms with Gasteiger partial charge in [-0.15, -0.1) is 11.3 Å². The first-order chi connectivity index (χ1) is 9.47. The van der Waals surface area contributed by atoms with Gasteiger partial charge in [0.2, 0.25) is 0 Å². The SMILES string of the molecule is CC(C)C(Nc1cc(N)cc([N+](=O)[O-])c1)c1cccs1. The maximum absolute atomic E-state index is 10.9. The van der Waals surface area contributed by atoms with E-state index >= 15 is 0 Å². The predicted molar refractivity (Wildman–Crippen MR) is 83.0 cm³/mol. The average molecular weight is 291 g/mol. The molecule has 0 saturated carbocycles. The van der Waals surface area contributed by atoms with Crippen molar-refractivity contribution in [1.29, 1.82) is 0 Å². The number of non-ortho nitro benzene ring substituents is 1. The summed E-state index contributed by atoms with van der Waals surface area (Å²) in [4.78, 5) is 11.6. The van der Waals surface area contributed by atoms with Gasteiger partial charge in [-0.3, -0.25) is 10.1 Å². The molecule has 1 aromatic carbocycles. The van der Waals surface area contributed by atoms with E-state index in [1.165, 1.54) is 17.0 Å². The van der Waals surface area contributed by atoms with Crippen molar-refractivity contribution in [2.24, 2.45) is 5.92 Å². The van der Waals surface area contributed by atoms with E-state index in [4.69, 9.17) is 5.73 Å². The van der Waals surface area contributed by atoms with Crippen LogP contribution in [0, 0.1) is 16.0 Å². The van der Waals surface area contributed by atoms with Crippen LogP contribution in [-0.4, -0.2) is 4.92 Å². The molecule has 106 valence electrons. The van der Waals surface area contributed by atoms with Gasteiger partial charge in [0, 0.05) is 28.4 Å². The molecule has 1 unspecified atom stereocenters. The van der Waals surface area contributed by atoms with Gasteiger partial charge >= 0.3 is 0 Å². The van der Waals surface area contributed by atoms with Gasteiger partial charge in [-0.25, -0.2) is 0 Å². The van der Waals surface area contributed by atoms with Crippen LogP contribution in [0.4, 0.5) is 17.1 Å². The van der Waals surface area contributed by atoms with Gasteiger partial charge in [0.15, 0.2) is 0 Å². The maximum atomic E-state index is 10.9. The Hall–Kier alpha value is -2.08. The predicted octanol–water partition coefficient (Wildman–Crippen LogP) is 4.05. The standard InChI is InChI=1S/C14H17N3O2S/c1-9(2)14(13-4-3-5-20-13)16-11-6-10(15)7-12(8-11)17(18)19/h3-9,14,16H,15H2,1-2H3. The highest BCUT2D eigenvalue weighted by Gasteiger charge is 2.18. The van der Waals surface area contributed by atoms with E-state index in [1.54, 1.807) is 17.4 Å². The highest BCUT2D eigenvalue weighted by atomic mass is 32.1. The fourth-order valence-electron chi connectivity index (χ4n) is 2.04. The lowest BCUT2D eigenvalue weighted by molar-refractivity contribution is -0.384. The summed E-state index contributed by atoms with van der Waals surface area (Å²) < 4.78 is 0. The molecule has 1 atom stereocenters. The first-order valence-corrected chi connectivity index (χ1v) is 7.20. The Labute approximate surface area is 121 Å². The number of nitrogen functional groups attached to an aromatic ring is 1. The van der Waals surface area contributed by atoms with E-state index in [0.29, 0.717) is 17.3 Å². The Balaban J connectivity index is 2.29. The first kappa shape index (κ1) is 14.3. The zero-order chi connectivity index (χ0) is 14.7. The minimum absolute atomic E-state index is 0.00110. The van der Waals surface area contributed by atoms with Crippen molar-refractivity contribution in [2.45, 2.75) is 19.9 Å². The van der Waals surface area contributed by atoms with E-state index in [-0.39, 0.29) is 11.7 Å². The molecule has 6 heteroatoms. The van der Waals surface area contributed by atoms with Crippen LogP contribution in [0.2, 0.25) is 0 Å². The summed E-state index contributed by atoms with van der Waals surface area (Å²) in [5.74, 6) is 0.356. The number of nitro groups is 1. The Kier molecular flexibility index (Phi) is 4.24. The van der Waals surface area contributed by atoms with Crippen LogP contribution in [0.3, 0.4) is 0 Å². The van der Waals surface area contributed by atoms with Crippen molar-refractivity contribution in [1.82, 2.24) is 0 Å². The molecule has 3 N–H and O–H groups in total. The van der Waals surface area contributed by atoms with Crippen molar-refractivity contribution in [3.05, 3.63) is 50.7 Å². The van der Waals surface area contributed by atoms with Crippen molar-refractivity contribution < 1.29 is 4.92 Å². The minimum atomic E-state index is -0.433. The summed E-state index contributed by atoms with van der Waals surface area (Å²) in [5.41, 5.74) is 6.78. The molecule has 5 nitrogen and oxygen atoms in total. The lowest BCUT2D eigenvalue weighted by Gasteiger charge is -2.22. The maximum Gasteiger partial charge on any atom is 0.273 e. The molecule has 2 aromatic rings. The quantitative estimate of drug-likeness (QED) is 0.494. The van der Waals surface area contributed by atoms with Crippen LogP contribution in [-0.2, 0) is 0 Å². The lowest BCUT2D eigenvalue weighted by atomic mass is 10.0. The number of thiophene rings is 1. The zero-order valence-electron chi connectivity index (χ0n) is 11.4. The van der Waals surface area contributed by atoms with Gasteiger partial charge in [0.1, 0.15) is 0 Å². The van der Waals surface area contributed by atoms with Crippen molar-refractivity contribution in [3.8, 4) is 0 Å². The molecule has 0 radical (unpaired) electrons. The molecule has 0 bridgehead atoms. The van der Waals surface area contributed by atoms with Crippen LogP contribution in [0.15, 0.2) is 35.7 Å². The molecule has 0 spiro atoms. The summed E-state index contributed by atoms with van der Waals surface area (Å²) in [6.07, 6.45) is 0. The van der Waals surface area contributed by atoms with Crippen LogP contribution in [0.5, 0.6) is 0 Å². The van der Waals surface area contributed by atoms with Gasteiger partial charge < -0.3 is 11.1 Å². The van der Waals surface area contributed by atoms with E-state index in [2.05, 4.69) is 25.2 Å². The number of hydrogen-bond donors (Lipinski definition) is 2. The second-order valence-electron chi connectivity index (χ2n) is 4.95. The number of hydrogen-bond acceptors (Lipinski definition) is 5. The molecule has 0 fully saturated rings. The second kappa shape index (κ2) is 5.92. The van der Waals surface area contributed by atoms with Crippen LogP contribution in [0.25, 0.3) is 0 Å². The summed E-state index contributed by atoms with van der Waals surface area (Å²) in [5, 5.41) is 16.2. The van der Waals surface area contributed by atoms with Gasteiger partial charge in [-0.2, -0.15) is 0 Å². The summed E-state index contributed by atoms with van der Waals surface area (Å²) in [6.45, 7) is 4.22. The zero-order valence-corrected chi connectivity index (χ0v) is 12.2.